The van der Waals surface area contributed by atoms with Gasteiger partial charge >= 0.3 is 0 Å². The van der Waals surface area contributed by atoms with Gasteiger partial charge in [-0.1, -0.05) is 17.7 Å². The number of phenolic OH excluding ortho intramolecular Hbond substituents is 1. The van der Waals surface area contributed by atoms with Crippen LogP contribution < -0.4 is 0 Å². The highest BCUT2D eigenvalue weighted by Crippen LogP contribution is 2.21. The van der Waals surface area contributed by atoms with E-state index in [1.165, 1.54) is 5.56 Å². The maximum atomic E-state index is 9.05. The Kier molecular flexibility index (Phi) is 1.63. The third kappa shape index (κ3) is 1.21. The Morgan fingerprint density at radius 2 is 1.50 bits per heavy atom. The molecule has 0 saturated carbocycles. The molecule has 0 radical (unpaired) electrons. The Bertz CT molecular complexity index is 343. The van der Waals surface area contributed by atoms with Crippen molar-refractivity contribution in [2.45, 2.75) is 0 Å². The van der Waals surface area contributed by atoms with Crippen LogP contribution in [-0.4, -0.2) is 5.11 Å². The van der Waals surface area contributed by atoms with E-state index in [-0.39, 0.29) is 0 Å². The second-order valence-electron chi connectivity index (χ2n) is 2.72. The summed E-state index contributed by atoms with van der Waals surface area (Å²) in [5.74, 6) is 0.310. The number of hydrogen-bond acceptors (Lipinski definition) is 1. The second-order valence-corrected chi connectivity index (χ2v) is 2.72. The van der Waals surface area contributed by atoms with Crippen molar-refractivity contribution in [3.05, 3.63) is 48.5 Å². The van der Waals surface area contributed by atoms with E-state index < -0.39 is 0 Å². The predicted octanol–water partition coefficient (Wildman–Crippen LogP) is 2.78. The molecule has 2 aromatic rings. The van der Waals surface area contributed by atoms with Crippen LogP contribution in [0.3, 0.4) is 0 Å². The second kappa shape index (κ2) is 2.78. The summed E-state index contributed by atoms with van der Waals surface area (Å²) in [6.45, 7) is 0. The topological polar surface area (TPSA) is 20.2 Å². The van der Waals surface area contributed by atoms with Gasteiger partial charge in [0.15, 0.2) is 0 Å². The molecule has 0 spiro atoms. The van der Waals surface area contributed by atoms with Crippen molar-refractivity contribution in [1.82, 2.24) is 0 Å². The smallest absolute Gasteiger partial charge is 0.100 e. The fourth-order valence-corrected chi connectivity index (χ4v) is 1.22. The van der Waals surface area contributed by atoms with Crippen molar-refractivity contribution in [2.24, 2.45) is 0 Å². The van der Waals surface area contributed by atoms with Crippen molar-refractivity contribution < 1.29 is 5.11 Å². The van der Waals surface area contributed by atoms with Gasteiger partial charge in [-0.25, -0.2) is 0 Å². The van der Waals surface area contributed by atoms with Crippen molar-refractivity contribution in [3.63, 3.8) is 0 Å². The first-order valence-corrected chi connectivity index (χ1v) is 3.87. The number of phenols is 1. The van der Waals surface area contributed by atoms with Crippen molar-refractivity contribution in [3.8, 4) is 16.9 Å². The van der Waals surface area contributed by atoms with E-state index in [9.17, 15) is 0 Å². The van der Waals surface area contributed by atoms with Gasteiger partial charge in [0.25, 0.3) is 0 Å². The van der Waals surface area contributed by atoms with Gasteiger partial charge in [-0.3, -0.25) is 0 Å². The highest BCUT2D eigenvalue weighted by Gasteiger charge is 1.88. The van der Waals surface area contributed by atoms with Gasteiger partial charge in [0, 0.05) is 0 Å². The van der Waals surface area contributed by atoms with Crippen molar-refractivity contribution in [1.29, 1.82) is 0 Å². The molecule has 0 atom stereocenters. The normalized spacial score (nSPS) is 10.0. The van der Waals surface area contributed by atoms with E-state index in [0.717, 1.165) is 5.56 Å². The summed E-state index contributed by atoms with van der Waals surface area (Å²) >= 11 is 0. The SMILES string of the molecule is Oc1ccc(-[c-]2cccc2)cc1. The summed E-state index contributed by atoms with van der Waals surface area (Å²) in [5.41, 5.74) is 2.33. The summed E-state index contributed by atoms with van der Waals surface area (Å²) in [7, 11) is 0. The molecule has 1 nitrogen and oxygen atoms in total. The van der Waals surface area contributed by atoms with Gasteiger partial charge in [-0.05, 0) is 0 Å². The Hall–Kier alpha value is -1.63. The number of hydrogen-bond donors (Lipinski definition) is 1. The Morgan fingerprint density at radius 3 is 2.08 bits per heavy atom. The number of aromatic hydroxyl groups is 1. The van der Waals surface area contributed by atoms with E-state index in [1.807, 2.05) is 36.4 Å². The van der Waals surface area contributed by atoms with Crippen LogP contribution in [0.25, 0.3) is 11.1 Å². The van der Waals surface area contributed by atoms with Crippen molar-refractivity contribution in [2.75, 3.05) is 0 Å². The first-order chi connectivity index (χ1) is 5.86. The molecule has 1 N–H and O–H groups in total. The summed E-state index contributed by atoms with van der Waals surface area (Å²) in [4.78, 5) is 0. The summed E-state index contributed by atoms with van der Waals surface area (Å²) < 4.78 is 0. The highest BCUT2D eigenvalue weighted by atomic mass is 16.3. The van der Waals surface area contributed by atoms with Crippen LogP contribution in [0, 0.1) is 0 Å². The molecule has 0 fully saturated rings. The first kappa shape index (κ1) is 7.04. The molecule has 1 heteroatoms. The minimum absolute atomic E-state index is 0.310. The highest BCUT2D eigenvalue weighted by molar-refractivity contribution is 5.64. The van der Waals surface area contributed by atoms with E-state index in [4.69, 9.17) is 5.11 Å². The average molecular weight is 157 g/mol. The molecule has 0 amide bonds. The molecule has 2 rings (SSSR count). The molecule has 0 aromatic heterocycles. The standard InChI is InChI=1S/C11H9O/c12-11-7-5-10(6-8-11)9-3-1-2-4-9/h1-8,12H/q-1. The van der Waals surface area contributed by atoms with E-state index in [2.05, 4.69) is 0 Å². The summed E-state index contributed by atoms with van der Waals surface area (Å²) in [5, 5.41) is 9.05. The summed E-state index contributed by atoms with van der Waals surface area (Å²) in [6, 6.07) is 15.3. The molecule has 2 aromatic carbocycles. The molecule has 60 valence electrons. The maximum absolute atomic E-state index is 9.05. The first-order valence-electron chi connectivity index (χ1n) is 3.87. The third-order valence-corrected chi connectivity index (χ3v) is 1.86. The molecule has 0 aliphatic carbocycles. The molecule has 0 saturated heterocycles. The zero-order valence-corrected chi connectivity index (χ0v) is 6.57. The van der Waals surface area contributed by atoms with Crippen molar-refractivity contribution >= 4 is 0 Å². The largest absolute Gasteiger partial charge is 0.509 e. The fraction of sp³-hybridized carbons (Fsp3) is 0. The van der Waals surface area contributed by atoms with Gasteiger partial charge in [0.1, 0.15) is 5.75 Å². The monoisotopic (exact) mass is 157 g/mol. The number of benzene rings is 1. The lowest BCUT2D eigenvalue weighted by Gasteiger charge is -2.03. The summed E-state index contributed by atoms with van der Waals surface area (Å²) in [6.07, 6.45) is 0. The molecule has 0 unspecified atom stereocenters. The average Bonchev–Trinajstić information content (AvgIpc) is 2.58. The molecule has 0 heterocycles. The number of rotatable bonds is 1. The zero-order chi connectivity index (χ0) is 8.39. The van der Waals surface area contributed by atoms with E-state index in [1.54, 1.807) is 12.1 Å². The lowest BCUT2D eigenvalue weighted by atomic mass is 10.1. The van der Waals surface area contributed by atoms with Gasteiger partial charge in [-0.15, -0.1) is 29.8 Å². The molecular weight excluding hydrogens is 148 g/mol. The van der Waals surface area contributed by atoms with Crippen LogP contribution >= 0.6 is 0 Å². The van der Waals surface area contributed by atoms with Crippen LogP contribution in [0.15, 0.2) is 48.5 Å². The van der Waals surface area contributed by atoms with Gasteiger partial charge in [0.2, 0.25) is 0 Å². The van der Waals surface area contributed by atoms with E-state index in [0.29, 0.717) is 5.75 Å². The zero-order valence-electron chi connectivity index (χ0n) is 6.57. The van der Waals surface area contributed by atoms with Crippen LogP contribution in [0.2, 0.25) is 0 Å². The minimum atomic E-state index is 0.310. The van der Waals surface area contributed by atoms with E-state index >= 15 is 0 Å². The molecule has 0 aliphatic heterocycles. The molecule has 12 heavy (non-hydrogen) atoms. The maximum Gasteiger partial charge on any atom is 0.100 e. The molecule has 0 aliphatic rings. The quantitative estimate of drug-likeness (QED) is 0.631. The third-order valence-electron chi connectivity index (χ3n) is 1.86. The lowest BCUT2D eigenvalue weighted by Crippen LogP contribution is -1.71. The lowest BCUT2D eigenvalue weighted by molar-refractivity contribution is 0.475. The molecular formula is C11H9O-. The van der Waals surface area contributed by atoms with Crippen LogP contribution in [0.1, 0.15) is 0 Å². The Morgan fingerprint density at radius 1 is 0.917 bits per heavy atom. The molecule has 0 bridgehead atoms. The van der Waals surface area contributed by atoms with Gasteiger partial charge in [-0.2, -0.15) is 12.1 Å². The van der Waals surface area contributed by atoms with Crippen LogP contribution in [0.5, 0.6) is 5.75 Å². The Labute approximate surface area is 71.3 Å². The Balaban J connectivity index is 2.43. The predicted molar refractivity (Wildman–Crippen MR) is 49.1 cm³/mol. The van der Waals surface area contributed by atoms with Gasteiger partial charge < -0.3 is 5.11 Å². The van der Waals surface area contributed by atoms with Gasteiger partial charge in [0.05, 0.1) is 0 Å². The fourth-order valence-electron chi connectivity index (χ4n) is 1.22. The van der Waals surface area contributed by atoms with Crippen LogP contribution in [-0.2, 0) is 0 Å². The minimum Gasteiger partial charge on any atom is -0.509 e. The van der Waals surface area contributed by atoms with Crippen LogP contribution in [0.4, 0.5) is 0 Å².